The van der Waals surface area contributed by atoms with Crippen molar-refractivity contribution in [2.75, 3.05) is 12.8 Å². The highest BCUT2D eigenvalue weighted by molar-refractivity contribution is 6.05. The summed E-state index contributed by atoms with van der Waals surface area (Å²) >= 11 is 0. The van der Waals surface area contributed by atoms with Crippen molar-refractivity contribution in [3.8, 4) is 39.8 Å². The average Bonchev–Trinajstić information content (AvgIpc) is 3.59. The number of nitrogen functional groups attached to an aromatic ring is 1. The Bertz CT molecular complexity index is 1440. The lowest BCUT2D eigenvalue weighted by molar-refractivity contribution is 0.111. The molecule has 9 heteroatoms. The summed E-state index contributed by atoms with van der Waals surface area (Å²) in [6.45, 7) is 0. The number of anilines is 1. The minimum Gasteiger partial charge on any atom is -0.507 e. The standard InChI is InChI=1S/C27H26N6O3/c1-36-27-19(7-4-12-30-27)16-8-10-18(11-9-16)33-24(15-34)31-32-26(33)21-13-20(22(28)14-23(21)35)25(29)17-5-2-3-6-17/h4,7-15,17,29,35H,2-3,5-6,28H2,1H3. The molecule has 0 spiro atoms. The molecule has 1 fully saturated rings. The maximum atomic E-state index is 11.8. The molecule has 36 heavy (non-hydrogen) atoms. The number of ether oxygens (including phenoxy) is 1. The van der Waals surface area contributed by atoms with E-state index in [1.807, 2.05) is 36.4 Å². The molecule has 0 radical (unpaired) electrons. The molecule has 0 unspecified atom stereocenters. The first kappa shape index (κ1) is 23.2. The lowest BCUT2D eigenvalue weighted by Crippen LogP contribution is -2.13. The van der Waals surface area contributed by atoms with Crippen LogP contribution >= 0.6 is 0 Å². The van der Waals surface area contributed by atoms with Crippen molar-refractivity contribution < 1.29 is 14.6 Å². The summed E-state index contributed by atoms with van der Waals surface area (Å²) in [5, 5.41) is 27.7. The van der Waals surface area contributed by atoms with Crippen LogP contribution in [0.25, 0.3) is 28.2 Å². The zero-order chi connectivity index (χ0) is 25.2. The normalized spacial score (nSPS) is 13.6. The Hall–Kier alpha value is -4.53. The number of aromatic hydroxyl groups is 1. The summed E-state index contributed by atoms with van der Waals surface area (Å²) < 4.78 is 6.94. The molecule has 1 saturated carbocycles. The number of rotatable bonds is 7. The number of aldehydes is 1. The fraction of sp³-hybridized carbons (Fsp3) is 0.222. The van der Waals surface area contributed by atoms with Gasteiger partial charge in [0, 0.05) is 46.4 Å². The SMILES string of the molecule is COc1ncccc1-c1ccc(-n2c(C=O)nnc2-c2cc(C(=N)C3CCCC3)c(N)cc2O)cc1. The Kier molecular flexibility index (Phi) is 6.20. The van der Waals surface area contributed by atoms with Crippen LogP contribution in [-0.2, 0) is 0 Å². The molecule has 0 amide bonds. The zero-order valence-corrected chi connectivity index (χ0v) is 19.8. The predicted molar refractivity (Wildman–Crippen MR) is 137 cm³/mol. The molecule has 2 heterocycles. The highest BCUT2D eigenvalue weighted by Crippen LogP contribution is 2.37. The summed E-state index contributed by atoms with van der Waals surface area (Å²) in [6.07, 6.45) is 6.37. The van der Waals surface area contributed by atoms with Crippen LogP contribution in [0.1, 0.15) is 41.9 Å². The van der Waals surface area contributed by atoms with Gasteiger partial charge in [-0.25, -0.2) is 4.98 Å². The van der Waals surface area contributed by atoms with Gasteiger partial charge in [-0.1, -0.05) is 25.0 Å². The summed E-state index contributed by atoms with van der Waals surface area (Å²) in [4.78, 5) is 16.1. The minimum absolute atomic E-state index is 0.0837. The van der Waals surface area contributed by atoms with Crippen molar-refractivity contribution in [3.63, 3.8) is 0 Å². The molecular weight excluding hydrogens is 456 g/mol. The third-order valence-corrected chi connectivity index (χ3v) is 6.66. The number of carbonyl (C=O) groups excluding carboxylic acids is 1. The second-order valence-corrected chi connectivity index (χ2v) is 8.79. The molecule has 0 aliphatic heterocycles. The first-order chi connectivity index (χ1) is 17.5. The summed E-state index contributed by atoms with van der Waals surface area (Å²) in [6, 6.07) is 14.3. The van der Waals surface area contributed by atoms with Gasteiger partial charge < -0.3 is 21.0 Å². The van der Waals surface area contributed by atoms with Gasteiger partial charge in [0.15, 0.2) is 12.1 Å². The van der Waals surface area contributed by atoms with Crippen molar-refractivity contribution in [1.82, 2.24) is 19.7 Å². The minimum atomic E-state index is -0.0988. The third kappa shape index (κ3) is 4.08. The molecule has 0 bridgehead atoms. The number of aromatic nitrogens is 4. The highest BCUT2D eigenvalue weighted by Gasteiger charge is 2.25. The molecule has 5 rings (SSSR count). The molecule has 0 atom stereocenters. The Balaban J connectivity index is 1.58. The van der Waals surface area contributed by atoms with Gasteiger partial charge in [0.25, 0.3) is 0 Å². The van der Waals surface area contributed by atoms with E-state index < -0.39 is 0 Å². The van der Waals surface area contributed by atoms with Crippen LogP contribution in [0.2, 0.25) is 0 Å². The first-order valence-corrected chi connectivity index (χ1v) is 11.7. The van der Waals surface area contributed by atoms with Crippen LogP contribution in [0, 0.1) is 11.3 Å². The van der Waals surface area contributed by atoms with E-state index in [9.17, 15) is 9.90 Å². The fourth-order valence-corrected chi connectivity index (χ4v) is 4.82. The molecule has 182 valence electrons. The van der Waals surface area contributed by atoms with E-state index in [0.717, 1.165) is 36.8 Å². The lowest BCUT2D eigenvalue weighted by atomic mass is 9.92. The van der Waals surface area contributed by atoms with Gasteiger partial charge in [-0.15, -0.1) is 10.2 Å². The van der Waals surface area contributed by atoms with E-state index >= 15 is 0 Å². The Morgan fingerprint density at radius 3 is 2.58 bits per heavy atom. The van der Waals surface area contributed by atoms with E-state index in [2.05, 4.69) is 15.2 Å². The molecule has 1 aliphatic carbocycles. The molecule has 9 nitrogen and oxygen atoms in total. The van der Waals surface area contributed by atoms with E-state index in [4.69, 9.17) is 15.9 Å². The van der Waals surface area contributed by atoms with E-state index in [-0.39, 0.29) is 23.3 Å². The summed E-state index contributed by atoms with van der Waals surface area (Å²) in [5.41, 5.74) is 10.3. The largest absolute Gasteiger partial charge is 0.507 e. The van der Waals surface area contributed by atoms with Crippen LogP contribution in [0.5, 0.6) is 11.6 Å². The number of phenols is 1. The van der Waals surface area contributed by atoms with E-state index in [0.29, 0.717) is 40.4 Å². The third-order valence-electron chi connectivity index (χ3n) is 6.66. The van der Waals surface area contributed by atoms with Gasteiger partial charge in [-0.2, -0.15) is 0 Å². The highest BCUT2D eigenvalue weighted by atomic mass is 16.5. The van der Waals surface area contributed by atoms with Gasteiger partial charge in [0.1, 0.15) is 5.75 Å². The number of hydrogen-bond acceptors (Lipinski definition) is 8. The van der Waals surface area contributed by atoms with Crippen molar-refractivity contribution >= 4 is 17.7 Å². The summed E-state index contributed by atoms with van der Waals surface area (Å²) in [7, 11) is 1.57. The number of nitrogens with two attached hydrogens (primary N) is 1. The molecule has 1 aliphatic rings. The summed E-state index contributed by atoms with van der Waals surface area (Å²) in [5.74, 6) is 0.915. The number of nitrogens with zero attached hydrogens (tertiary/aromatic N) is 4. The number of methoxy groups -OCH3 is 1. The van der Waals surface area contributed by atoms with Gasteiger partial charge in [-0.05, 0) is 48.7 Å². The fourth-order valence-electron chi connectivity index (χ4n) is 4.82. The van der Waals surface area contributed by atoms with E-state index in [1.54, 1.807) is 23.9 Å². The van der Waals surface area contributed by atoms with Crippen molar-refractivity contribution in [3.05, 3.63) is 66.1 Å². The van der Waals surface area contributed by atoms with Crippen molar-refractivity contribution in [2.24, 2.45) is 5.92 Å². The topological polar surface area (TPSA) is 140 Å². The maximum Gasteiger partial charge on any atom is 0.221 e. The Labute approximate surface area is 208 Å². The van der Waals surface area contributed by atoms with Crippen LogP contribution in [0.15, 0.2) is 54.7 Å². The number of nitrogens with one attached hydrogen (secondary N) is 1. The average molecular weight is 483 g/mol. The number of pyridine rings is 1. The molecule has 2 aromatic carbocycles. The Morgan fingerprint density at radius 2 is 1.89 bits per heavy atom. The van der Waals surface area contributed by atoms with Gasteiger partial charge in [0.2, 0.25) is 11.7 Å². The number of hydrogen-bond donors (Lipinski definition) is 3. The van der Waals surface area contributed by atoms with Crippen molar-refractivity contribution in [2.45, 2.75) is 25.7 Å². The number of phenolic OH excluding ortho intramolecular Hbond substituents is 1. The quantitative estimate of drug-likeness (QED) is 0.198. The molecule has 0 saturated heterocycles. The molecule has 4 N–H and O–H groups in total. The lowest BCUT2D eigenvalue weighted by Gasteiger charge is -2.16. The van der Waals surface area contributed by atoms with Gasteiger partial charge in [0.05, 0.1) is 12.7 Å². The second-order valence-electron chi connectivity index (χ2n) is 8.79. The molecule has 2 aromatic heterocycles. The van der Waals surface area contributed by atoms with Crippen LogP contribution in [0.4, 0.5) is 5.69 Å². The van der Waals surface area contributed by atoms with E-state index in [1.165, 1.54) is 6.07 Å². The maximum absolute atomic E-state index is 11.8. The zero-order valence-electron chi connectivity index (χ0n) is 19.8. The first-order valence-electron chi connectivity index (χ1n) is 11.7. The second kappa shape index (κ2) is 9.61. The predicted octanol–water partition coefficient (Wildman–Crippen LogP) is 4.66. The number of benzene rings is 2. The number of carbonyl (C=O) groups is 1. The van der Waals surface area contributed by atoms with Gasteiger partial charge in [-0.3, -0.25) is 9.36 Å². The van der Waals surface area contributed by atoms with Crippen LogP contribution in [0.3, 0.4) is 0 Å². The van der Waals surface area contributed by atoms with Crippen LogP contribution < -0.4 is 10.5 Å². The van der Waals surface area contributed by atoms with Gasteiger partial charge >= 0.3 is 0 Å². The molecular formula is C27H26N6O3. The van der Waals surface area contributed by atoms with Crippen molar-refractivity contribution in [1.29, 1.82) is 5.41 Å². The monoisotopic (exact) mass is 482 g/mol. The molecule has 4 aromatic rings. The Morgan fingerprint density at radius 1 is 1.14 bits per heavy atom. The van der Waals surface area contributed by atoms with Crippen LogP contribution in [-0.4, -0.2) is 44.0 Å². The smallest absolute Gasteiger partial charge is 0.221 e.